The minimum atomic E-state index is -0.286. The number of halogens is 1. The van der Waals surface area contributed by atoms with E-state index in [0.29, 0.717) is 28.5 Å². The van der Waals surface area contributed by atoms with E-state index in [9.17, 15) is 9.59 Å². The quantitative estimate of drug-likeness (QED) is 0.330. The van der Waals surface area contributed by atoms with E-state index < -0.39 is 0 Å². The summed E-state index contributed by atoms with van der Waals surface area (Å²) >= 11 is 8.91. The van der Waals surface area contributed by atoms with Gasteiger partial charge in [0.15, 0.2) is 4.96 Å². The number of hydrogen-bond acceptors (Lipinski definition) is 6. The minimum absolute atomic E-state index is 0.0197. The summed E-state index contributed by atoms with van der Waals surface area (Å²) in [5.74, 6) is 0.530. The van der Waals surface area contributed by atoms with Crippen molar-refractivity contribution in [1.82, 2.24) is 9.38 Å². The molecule has 26 heavy (non-hydrogen) atoms. The van der Waals surface area contributed by atoms with Gasteiger partial charge >= 0.3 is 5.97 Å². The molecule has 8 heteroatoms. The predicted octanol–water partition coefficient (Wildman–Crippen LogP) is 4.33. The van der Waals surface area contributed by atoms with Crippen molar-refractivity contribution >= 4 is 45.6 Å². The van der Waals surface area contributed by atoms with Crippen molar-refractivity contribution in [3.8, 4) is 0 Å². The number of thioether (sulfide) groups is 1. The molecule has 0 atom stereocenters. The molecule has 0 bridgehead atoms. The Bertz CT molecular complexity index is 967. The Morgan fingerprint density at radius 3 is 2.88 bits per heavy atom. The number of fused-ring (bicyclic) bond motifs is 1. The van der Waals surface area contributed by atoms with E-state index >= 15 is 0 Å². The Labute approximate surface area is 164 Å². The van der Waals surface area contributed by atoms with E-state index in [1.54, 1.807) is 16.2 Å². The molecule has 0 N–H and O–H groups in total. The van der Waals surface area contributed by atoms with Crippen molar-refractivity contribution in [2.75, 3.05) is 5.75 Å². The Morgan fingerprint density at radius 1 is 1.35 bits per heavy atom. The van der Waals surface area contributed by atoms with Crippen LogP contribution in [-0.2, 0) is 16.1 Å². The first kappa shape index (κ1) is 18.9. The number of aromatic nitrogens is 2. The van der Waals surface area contributed by atoms with Crippen LogP contribution in [0.1, 0.15) is 24.2 Å². The average Bonchev–Trinajstić information content (AvgIpc) is 3.00. The summed E-state index contributed by atoms with van der Waals surface area (Å²) in [5.41, 5.74) is 1.17. The highest BCUT2D eigenvalue weighted by molar-refractivity contribution is 7.99. The van der Waals surface area contributed by atoms with Gasteiger partial charge in [-0.05, 0) is 43.4 Å². The number of esters is 1. The van der Waals surface area contributed by atoms with Gasteiger partial charge in [-0.25, -0.2) is 4.98 Å². The van der Waals surface area contributed by atoms with Crippen molar-refractivity contribution in [3.63, 3.8) is 0 Å². The molecule has 0 saturated heterocycles. The molecule has 0 aliphatic carbocycles. The lowest BCUT2D eigenvalue weighted by atomic mass is 10.3. The Kier molecular flexibility index (Phi) is 6.34. The number of thiazole rings is 1. The van der Waals surface area contributed by atoms with Crippen LogP contribution in [0.25, 0.3) is 4.96 Å². The largest absolute Gasteiger partial charge is 0.459 e. The third-order valence-electron chi connectivity index (χ3n) is 3.62. The summed E-state index contributed by atoms with van der Waals surface area (Å²) in [6.07, 6.45) is 1.05. The first-order valence-electron chi connectivity index (χ1n) is 8.04. The van der Waals surface area contributed by atoms with Gasteiger partial charge in [0, 0.05) is 33.5 Å². The van der Waals surface area contributed by atoms with Crippen molar-refractivity contribution in [1.29, 1.82) is 0 Å². The molecule has 5 nitrogen and oxygen atoms in total. The molecule has 2 heterocycles. The number of aryl methyl sites for hydroxylation is 1. The maximum Gasteiger partial charge on any atom is 0.306 e. The normalized spacial score (nSPS) is 11.0. The number of nitrogens with zero attached hydrogens (tertiary/aromatic N) is 2. The van der Waals surface area contributed by atoms with Gasteiger partial charge in [-0.15, -0.1) is 23.1 Å². The fraction of sp³-hybridized carbons (Fsp3) is 0.278. The molecule has 0 radical (unpaired) electrons. The van der Waals surface area contributed by atoms with E-state index in [2.05, 4.69) is 4.98 Å². The zero-order valence-corrected chi connectivity index (χ0v) is 16.5. The summed E-state index contributed by atoms with van der Waals surface area (Å²) in [6.45, 7) is 1.88. The SMILES string of the molecule is Cc1csc2nc(COC(=O)CCCSc3ccc(Cl)cc3)cc(=O)n12. The molecule has 0 saturated carbocycles. The molecule has 0 unspecified atom stereocenters. The third kappa shape index (κ3) is 4.87. The van der Waals surface area contributed by atoms with Gasteiger partial charge in [0.1, 0.15) is 6.61 Å². The summed E-state index contributed by atoms with van der Waals surface area (Å²) < 4.78 is 6.78. The van der Waals surface area contributed by atoms with Crippen molar-refractivity contribution < 1.29 is 9.53 Å². The van der Waals surface area contributed by atoms with Gasteiger partial charge in [0.05, 0.1) is 5.69 Å². The van der Waals surface area contributed by atoms with Gasteiger partial charge in [-0.3, -0.25) is 14.0 Å². The molecular weight excluding hydrogens is 392 g/mol. The van der Waals surface area contributed by atoms with Crippen LogP contribution in [0.2, 0.25) is 5.02 Å². The maximum absolute atomic E-state index is 12.1. The number of ether oxygens (including phenoxy) is 1. The molecular formula is C18H17ClN2O3S2. The van der Waals surface area contributed by atoms with E-state index in [1.165, 1.54) is 17.4 Å². The van der Waals surface area contributed by atoms with Gasteiger partial charge in [0.2, 0.25) is 0 Å². The van der Waals surface area contributed by atoms with Crippen molar-refractivity contribution in [2.45, 2.75) is 31.3 Å². The Morgan fingerprint density at radius 2 is 2.12 bits per heavy atom. The lowest BCUT2D eigenvalue weighted by Gasteiger charge is -2.05. The van der Waals surface area contributed by atoms with Crippen molar-refractivity contribution in [2.24, 2.45) is 0 Å². The number of hydrogen-bond donors (Lipinski definition) is 0. The van der Waals surface area contributed by atoms with Crippen LogP contribution >= 0.6 is 34.7 Å². The van der Waals surface area contributed by atoms with Crippen LogP contribution in [0.15, 0.2) is 45.4 Å². The maximum atomic E-state index is 12.1. The van der Waals surface area contributed by atoms with Crippen LogP contribution in [0.4, 0.5) is 0 Å². The van der Waals surface area contributed by atoms with E-state index in [0.717, 1.165) is 16.3 Å². The van der Waals surface area contributed by atoms with Crippen LogP contribution in [0.3, 0.4) is 0 Å². The topological polar surface area (TPSA) is 60.7 Å². The molecule has 136 valence electrons. The Balaban J connectivity index is 1.44. The smallest absolute Gasteiger partial charge is 0.306 e. The fourth-order valence-corrected chi connectivity index (χ4v) is 4.21. The first-order valence-corrected chi connectivity index (χ1v) is 10.3. The predicted molar refractivity (Wildman–Crippen MR) is 105 cm³/mol. The molecule has 1 aromatic carbocycles. The number of carbonyl (C=O) groups excluding carboxylic acids is 1. The zero-order chi connectivity index (χ0) is 18.5. The summed E-state index contributed by atoms with van der Waals surface area (Å²) in [7, 11) is 0. The minimum Gasteiger partial charge on any atom is -0.459 e. The molecule has 0 aliphatic heterocycles. The first-order chi connectivity index (χ1) is 12.5. The van der Waals surface area contributed by atoms with E-state index in [4.69, 9.17) is 16.3 Å². The molecule has 3 rings (SSSR count). The Hall–Kier alpha value is -1.83. The monoisotopic (exact) mass is 408 g/mol. The third-order valence-corrected chi connectivity index (χ3v) is 5.91. The second kappa shape index (κ2) is 8.70. The van der Waals surface area contributed by atoms with Gasteiger partial charge < -0.3 is 4.74 Å². The number of rotatable bonds is 7. The highest BCUT2D eigenvalue weighted by atomic mass is 35.5. The standard InChI is InChI=1S/C18H17ClN2O3S2/c1-12-11-26-18-20-14(9-16(22)21(12)18)10-24-17(23)3-2-8-25-15-6-4-13(19)5-7-15/h4-7,9,11H,2-3,8,10H2,1H3. The average molecular weight is 409 g/mol. The molecule has 3 aromatic rings. The lowest BCUT2D eigenvalue weighted by Crippen LogP contribution is -2.16. The molecule has 0 amide bonds. The zero-order valence-electron chi connectivity index (χ0n) is 14.1. The molecule has 2 aromatic heterocycles. The van der Waals surface area contributed by atoms with E-state index in [-0.39, 0.29) is 18.1 Å². The van der Waals surface area contributed by atoms with Crippen LogP contribution in [-0.4, -0.2) is 21.1 Å². The van der Waals surface area contributed by atoms with E-state index in [1.807, 2.05) is 36.6 Å². The van der Waals surface area contributed by atoms with Crippen LogP contribution in [0, 0.1) is 6.92 Å². The highest BCUT2D eigenvalue weighted by Gasteiger charge is 2.09. The molecule has 0 aliphatic rings. The van der Waals surface area contributed by atoms with Gasteiger partial charge in [0.25, 0.3) is 5.56 Å². The highest BCUT2D eigenvalue weighted by Crippen LogP contribution is 2.21. The van der Waals surface area contributed by atoms with Gasteiger partial charge in [-0.2, -0.15) is 0 Å². The molecule has 0 fully saturated rings. The second-order valence-corrected chi connectivity index (χ2v) is 8.09. The van der Waals surface area contributed by atoms with Gasteiger partial charge in [-0.1, -0.05) is 11.6 Å². The van der Waals surface area contributed by atoms with Crippen LogP contribution in [0.5, 0.6) is 0 Å². The van der Waals surface area contributed by atoms with Crippen molar-refractivity contribution in [3.05, 3.63) is 62.5 Å². The number of carbonyl (C=O) groups is 1. The van der Waals surface area contributed by atoms with Crippen LogP contribution < -0.4 is 5.56 Å². The second-order valence-electron chi connectivity index (χ2n) is 5.65. The summed E-state index contributed by atoms with van der Waals surface area (Å²) in [4.78, 5) is 30.0. The lowest BCUT2D eigenvalue weighted by molar-refractivity contribution is -0.145. The summed E-state index contributed by atoms with van der Waals surface area (Å²) in [6, 6.07) is 9.02. The molecule has 0 spiro atoms. The summed E-state index contributed by atoms with van der Waals surface area (Å²) in [5, 5.41) is 2.58. The number of benzene rings is 1. The fourth-order valence-electron chi connectivity index (χ4n) is 2.34.